The van der Waals surface area contributed by atoms with Crippen molar-refractivity contribution < 1.29 is 4.79 Å². The van der Waals surface area contributed by atoms with E-state index in [1.807, 2.05) is 24.4 Å². The van der Waals surface area contributed by atoms with Gasteiger partial charge in [-0.15, -0.1) is 11.3 Å². The minimum absolute atomic E-state index is 0.0561. The number of nitrogens with zero attached hydrogens (tertiary/aromatic N) is 3. The topological polar surface area (TPSA) is 59.3 Å². The maximum atomic E-state index is 11.4. The summed E-state index contributed by atoms with van der Waals surface area (Å²) in [5.41, 5.74) is 6.31. The van der Waals surface area contributed by atoms with Gasteiger partial charge in [0.25, 0.3) is 0 Å². The lowest BCUT2D eigenvalue weighted by molar-refractivity contribution is -0.114. The largest absolute Gasteiger partial charge is 0.318 e. The monoisotopic (exact) mass is 370 g/mol. The van der Waals surface area contributed by atoms with E-state index in [4.69, 9.17) is 10.1 Å². The fourth-order valence-corrected chi connectivity index (χ4v) is 4.71. The first kappa shape index (κ1) is 18.6. The molecule has 5 nitrogen and oxygen atoms in total. The number of carbonyl (C=O) groups is 1. The number of aryl methyl sites for hydroxylation is 3. The van der Waals surface area contributed by atoms with Gasteiger partial charge in [-0.2, -0.15) is 5.10 Å². The first-order chi connectivity index (χ1) is 12.3. The van der Waals surface area contributed by atoms with Crippen molar-refractivity contribution in [3.63, 3.8) is 0 Å². The Balaban J connectivity index is 2.23. The molecule has 3 aromatic rings. The lowest BCUT2D eigenvalue weighted by Gasteiger charge is -2.15. The van der Waals surface area contributed by atoms with Crippen molar-refractivity contribution in [2.24, 2.45) is 0 Å². The molecule has 0 unspecified atom stereocenters. The Labute approximate surface area is 158 Å². The average Bonchev–Trinajstić information content (AvgIpc) is 3.06. The Morgan fingerprint density at radius 3 is 2.54 bits per heavy atom. The first-order valence-electron chi connectivity index (χ1n) is 9.10. The summed E-state index contributed by atoms with van der Waals surface area (Å²) in [4.78, 5) is 17.3. The van der Waals surface area contributed by atoms with Crippen LogP contribution in [0.4, 0.5) is 5.00 Å². The summed E-state index contributed by atoms with van der Waals surface area (Å²) in [6.07, 6.45) is 2.15. The molecule has 0 atom stereocenters. The zero-order valence-corrected chi connectivity index (χ0v) is 17.1. The van der Waals surface area contributed by atoms with Gasteiger partial charge < -0.3 is 5.32 Å². The van der Waals surface area contributed by atoms with Crippen LogP contribution < -0.4 is 5.32 Å². The van der Waals surface area contributed by atoms with Crippen LogP contribution in [0.25, 0.3) is 16.1 Å². The van der Waals surface area contributed by atoms with E-state index in [1.165, 1.54) is 12.6 Å². The van der Waals surface area contributed by atoms with Gasteiger partial charge in [-0.3, -0.25) is 4.79 Å². The Morgan fingerprint density at radius 1 is 1.23 bits per heavy atom. The minimum Gasteiger partial charge on any atom is -0.318 e. The van der Waals surface area contributed by atoms with Crippen LogP contribution >= 0.6 is 11.3 Å². The fraction of sp³-hybridized carbons (Fsp3) is 0.450. The van der Waals surface area contributed by atoms with Gasteiger partial charge in [0.15, 0.2) is 5.65 Å². The highest BCUT2D eigenvalue weighted by molar-refractivity contribution is 7.19. The van der Waals surface area contributed by atoms with Crippen molar-refractivity contribution in [2.45, 2.75) is 60.3 Å². The van der Waals surface area contributed by atoms with Gasteiger partial charge in [0, 0.05) is 29.1 Å². The number of amides is 1. The molecule has 3 rings (SSSR count). The molecule has 3 heterocycles. The molecule has 138 valence electrons. The zero-order valence-electron chi connectivity index (χ0n) is 16.3. The lowest BCUT2D eigenvalue weighted by Crippen LogP contribution is -2.07. The number of thiophene rings is 1. The normalized spacial score (nSPS) is 11.5. The molecular weight excluding hydrogens is 344 g/mol. The van der Waals surface area contributed by atoms with Gasteiger partial charge in [0.05, 0.1) is 16.3 Å². The predicted octanol–water partition coefficient (Wildman–Crippen LogP) is 5.25. The summed E-state index contributed by atoms with van der Waals surface area (Å²) in [6.45, 7) is 12.1. The predicted molar refractivity (Wildman–Crippen MR) is 108 cm³/mol. The third-order valence-electron chi connectivity index (χ3n) is 4.77. The van der Waals surface area contributed by atoms with Crippen molar-refractivity contribution in [3.05, 3.63) is 34.8 Å². The molecule has 6 heteroatoms. The van der Waals surface area contributed by atoms with Gasteiger partial charge in [-0.25, -0.2) is 9.50 Å². The molecule has 0 saturated heterocycles. The highest BCUT2D eigenvalue weighted by Crippen LogP contribution is 2.39. The van der Waals surface area contributed by atoms with Crippen LogP contribution in [0.1, 0.15) is 62.2 Å². The van der Waals surface area contributed by atoms with Crippen LogP contribution in [0.3, 0.4) is 0 Å². The molecule has 0 spiro atoms. The summed E-state index contributed by atoms with van der Waals surface area (Å²) >= 11 is 1.58. The summed E-state index contributed by atoms with van der Waals surface area (Å²) in [5.74, 6) is 0.407. The SMILES string of the molecule is CCC(CC)c1cc(C)nc2c(-c3sc(NC(C)=O)cc3C)c(C)nn12. The zero-order chi connectivity index (χ0) is 19.0. The maximum Gasteiger partial charge on any atom is 0.221 e. The Bertz CT molecular complexity index is 966. The first-order valence-corrected chi connectivity index (χ1v) is 9.92. The van der Waals surface area contributed by atoms with Crippen LogP contribution in [-0.4, -0.2) is 20.5 Å². The molecule has 0 saturated carbocycles. The van der Waals surface area contributed by atoms with E-state index < -0.39 is 0 Å². The average molecular weight is 371 g/mol. The summed E-state index contributed by atoms with van der Waals surface area (Å²) < 4.78 is 2.02. The van der Waals surface area contributed by atoms with E-state index >= 15 is 0 Å². The number of fused-ring (bicyclic) bond motifs is 1. The number of rotatable bonds is 5. The van der Waals surface area contributed by atoms with Crippen LogP contribution in [0.5, 0.6) is 0 Å². The summed E-state index contributed by atoms with van der Waals surface area (Å²) in [6, 6.07) is 4.17. The fourth-order valence-electron chi connectivity index (χ4n) is 3.50. The molecule has 3 aromatic heterocycles. The van der Waals surface area contributed by atoms with Crippen molar-refractivity contribution in [3.8, 4) is 10.4 Å². The molecule has 0 aliphatic rings. The quantitative estimate of drug-likeness (QED) is 0.668. The molecule has 0 aliphatic heterocycles. The van der Waals surface area contributed by atoms with E-state index in [2.05, 4.69) is 32.2 Å². The number of hydrogen-bond donors (Lipinski definition) is 1. The van der Waals surface area contributed by atoms with Crippen LogP contribution in [-0.2, 0) is 4.79 Å². The lowest BCUT2D eigenvalue weighted by atomic mass is 9.98. The Hall–Kier alpha value is -2.21. The summed E-state index contributed by atoms with van der Waals surface area (Å²) in [7, 11) is 0. The molecule has 0 bridgehead atoms. The van der Waals surface area contributed by atoms with E-state index in [-0.39, 0.29) is 5.91 Å². The van der Waals surface area contributed by atoms with Gasteiger partial charge in [0.2, 0.25) is 5.91 Å². The number of carbonyl (C=O) groups excluding carboxylic acids is 1. The third-order valence-corrected chi connectivity index (χ3v) is 5.94. The van der Waals surface area contributed by atoms with Crippen molar-refractivity contribution in [2.75, 3.05) is 5.32 Å². The minimum atomic E-state index is -0.0561. The number of aromatic nitrogens is 3. The number of hydrogen-bond acceptors (Lipinski definition) is 4. The van der Waals surface area contributed by atoms with E-state index in [9.17, 15) is 4.79 Å². The second-order valence-corrected chi connectivity index (χ2v) is 7.89. The van der Waals surface area contributed by atoms with Gasteiger partial charge in [0.1, 0.15) is 0 Å². The van der Waals surface area contributed by atoms with Gasteiger partial charge >= 0.3 is 0 Å². The smallest absolute Gasteiger partial charge is 0.221 e. The van der Waals surface area contributed by atoms with E-state index in [0.29, 0.717) is 5.92 Å². The second-order valence-electron chi connectivity index (χ2n) is 6.84. The molecule has 0 fully saturated rings. The molecule has 0 aliphatic carbocycles. The van der Waals surface area contributed by atoms with Crippen LogP contribution in [0.15, 0.2) is 12.1 Å². The highest BCUT2D eigenvalue weighted by Gasteiger charge is 2.22. The molecule has 1 amide bonds. The molecular formula is C20H26N4OS. The molecule has 26 heavy (non-hydrogen) atoms. The Kier molecular flexibility index (Phi) is 5.14. The van der Waals surface area contributed by atoms with Crippen LogP contribution in [0, 0.1) is 20.8 Å². The maximum absolute atomic E-state index is 11.4. The Morgan fingerprint density at radius 2 is 1.92 bits per heavy atom. The van der Waals surface area contributed by atoms with Gasteiger partial charge in [-0.1, -0.05) is 13.8 Å². The molecule has 1 N–H and O–H groups in total. The standard InChI is InChI=1S/C20H26N4OS/c1-7-15(8-2)16-10-12(4)21-20-18(13(5)23-24(16)20)19-11(3)9-17(26-19)22-14(6)25/h9-10,15H,7-8H2,1-6H3,(H,22,25). The number of nitrogens with one attached hydrogen (secondary N) is 1. The van der Waals surface area contributed by atoms with E-state index in [0.717, 1.165) is 50.9 Å². The molecule has 0 radical (unpaired) electrons. The van der Waals surface area contributed by atoms with Crippen molar-refractivity contribution >= 4 is 27.9 Å². The molecule has 0 aromatic carbocycles. The third kappa shape index (κ3) is 3.26. The van der Waals surface area contributed by atoms with Gasteiger partial charge in [-0.05, 0) is 51.3 Å². The van der Waals surface area contributed by atoms with Crippen molar-refractivity contribution in [1.82, 2.24) is 14.6 Å². The summed E-state index contributed by atoms with van der Waals surface area (Å²) in [5, 5.41) is 8.58. The van der Waals surface area contributed by atoms with E-state index in [1.54, 1.807) is 11.3 Å². The van der Waals surface area contributed by atoms with Crippen LogP contribution in [0.2, 0.25) is 0 Å². The highest BCUT2D eigenvalue weighted by atomic mass is 32.1. The second kappa shape index (κ2) is 7.19. The van der Waals surface area contributed by atoms with Crippen molar-refractivity contribution in [1.29, 1.82) is 0 Å². The number of anilines is 1.